The summed E-state index contributed by atoms with van der Waals surface area (Å²) in [6.45, 7) is 10.8. The Morgan fingerprint density at radius 3 is 2.35 bits per heavy atom. The van der Waals surface area contributed by atoms with Crippen LogP contribution in [0.2, 0.25) is 0 Å². The van der Waals surface area contributed by atoms with Crippen LogP contribution in [-0.4, -0.2) is 69.2 Å². The standard InChI is InChI=1S/C27H40N6O6S/c1-8-14-40(37,38)24-29-21(28)20-22(30-24)32(16-18-12-10-9-11-13-18)26(36)33(20)25(35)31(7)19(15-17(2)3)23(34)39-27(4,5)6/h9-13,17,19,40H,8,14-16H2,1-7H3,(H,37,38)(H2,28,29,30). The van der Waals surface area contributed by atoms with Crippen molar-refractivity contribution in [2.24, 2.45) is 5.92 Å². The molecule has 40 heavy (non-hydrogen) atoms. The predicted molar refractivity (Wildman–Crippen MR) is 155 cm³/mol. The number of likely N-dealkylation sites (N-methyl/N-ethyl adjacent to an activating group) is 1. The number of hydrogen-bond acceptors (Lipinski definition) is 8. The van der Waals surface area contributed by atoms with Crippen LogP contribution >= 0.6 is 0 Å². The van der Waals surface area contributed by atoms with E-state index in [1.165, 1.54) is 11.6 Å². The summed E-state index contributed by atoms with van der Waals surface area (Å²) in [5.41, 5.74) is 5.26. The SMILES string of the molecule is CCC[SH](=O)(O)c1nc(N)c2c(n1)n(Cc1ccccc1)c(=O)n2C(=O)N(C)C(CC(C)C)C(=O)OC(C)(C)C. The Labute approximate surface area is 234 Å². The molecule has 1 atom stereocenters. The highest BCUT2D eigenvalue weighted by molar-refractivity contribution is 7.97. The minimum atomic E-state index is -3.98. The Kier molecular flexibility index (Phi) is 9.20. The van der Waals surface area contributed by atoms with Crippen LogP contribution in [0.25, 0.3) is 11.2 Å². The molecule has 0 fully saturated rings. The molecule has 220 valence electrons. The van der Waals surface area contributed by atoms with Crippen LogP contribution in [0.3, 0.4) is 0 Å². The number of aromatic nitrogens is 4. The van der Waals surface area contributed by atoms with Gasteiger partial charge in [-0.15, -0.1) is 10.2 Å². The maximum Gasteiger partial charge on any atom is 0.339 e. The lowest BCUT2D eigenvalue weighted by Crippen LogP contribution is -2.49. The largest absolute Gasteiger partial charge is 0.458 e. The molecule has 3 N–H and O–H groups in total. The average molecular weight is 577 g/mol. The molecule has 1 unspecified atom stereocenters. The molecule has 3 rings (SSSR count). The number of rotatable bonds is 9. The number of carbonyl (C=O) groups excluding carboxylic acids is 2. The van der Waals surface area contributed by atoms with E-state index < -0.39 is 39.5 Å². The smallest absolute Gasteiger partial charge is 0.339 e. The molecule has 0 aliphatic rings. The quantitative estimate of drug-likeness (QED) is 0.197. The van der Waals surface area contributed by atoms with Gasteiger partial charge < -0.3 is 15.4 Å². The normalized spacial score (nSPS) is 13.4. The lowest BCUT2D eigenvalue weighted by molar-refractivity contribution is -0.160. The van der Waals surface area contributed by atoms with E-state index in [9.17, 15) is 23.1 Å². The second-order valence-electron chi connectivity index (χ2n) is 11.3. The van der Waals surface area contributed by atoms with Crippen molar-refractivity contribution in [2.75, 3.05) is 18.5 Å². The first-order chi connectivity index (χ1) is 18.6. The molecule has 3 aromatic rings. The minimum Gasteiger partial charge on any atom is -0.458 e. The Morgan fingerprint density at radius 2 is 1.80 bits per heavy atom. The lowest BCUT2D eigenvalue weighted by Gasteiger charge is -2.30. The van der Waals surface area contributed by atoms with Crippen molar-refractivity contribution in [3.8, 4) is 0 Å². The molecular formula is C27H40N6O6S. The van der Waals surface area contributed by atoms with E-state index in [1.54, 1.807) is 52.0 Å². The van der Waals surface area contributed by atoms with Crippen LogP contribution in [-0.2, 0) is 26.3 Å². The Bertz CT molecular complexity index is 1490. The lowest BCUT2D eigenvalue weighted by atomic mass is 10.0. The van der Waals surface area contributed by atoms with Crippen LogP contribution in [0.5, 0.6) is 0 Å². The van der Waals surface area contributed by atoms with Gasteiger partial charge in [-0.25, -0.2) is 23.2 Å². The second kappa shape index (κ2) is 11.9. The minimum absolute atomic E-state index is 0.0149. The summed E-state index contributed by atoms with van der Waals surface area (Å²) < 4.78 is 31.1. The van der Waals surface area contributed by atoms with E-state index in [2.05, 4.69) is 9.97 Å². The van der Waals surface area contributed by atoms with Crippen molar-refractivity contribution >= 4 is 39.2 Å². The molecule has 0 bridgehead atoms. The zero-order chi connectivity index (χ0) is 30.0. The Balaban J connectivity index is 2.24. The van der Waals surface area contributed by atoms with Gasteiger partial charge in [-0.1, -0.05) is 51.1 Å². The van der Waals surface area contributed by atoms with Crippen molar-refractivity contribution in [3.05, 3.63) is 46.4 Å². The molecule has 1 amide bonds. The fraction of sp³-hybridized carbons (Fsp3) is 0.519. The Morgan fingerprint density at radius 1 is 1.18 bits per heavy atom. The molecule has 0 radical (unpaired) electrons. The number of nitrogens with two attached hydrogens (primary N) is 1. The molecule has 12 nitrogen and oxygen atoms in total. The summed E-state index contributed by atoms with van der Waals surface area (Å²) >= 11 is 0. The summed E-state index contributed by atoms with van der Waals surface area (Å²) in [7, 11) is -2.56. The number of amides is 1. The average Bonchev–Trinajstić information content (AvgIpc) is 3.12. The number of thiol groups is 1. The van der Waals surface area contributed by atoms with E-state index in [0.717, 1.165) is 15.0 Å². The van der Waals surface area contributed by atoms with E-state index in [4.69, 9.17) is 10.5 Å². The van der Waals surface area contributed by atoms with Gasteiger partial charge in [-0.2, -0.15) is 9.97 Å². The number of anilines is 1. The molecule has 0 aliphatic carbocycles. The highest BCUT2D eigenvalue weighted by atomic mass is 32.3. The maximum atomic E-state index is 13.9. The van der Waals surface area contributed by atoms with Gasteiger partial charge in [-0.3, -0.25) is 9.12 Å². The molecule has 0 saturated heterocycles. The zero-order valence-electron chi connectivity index (χ0n) is 24.1. The van der Waals surface area contributed by atoms with Crippen LogP contribution in [0.1, 0.15) is 59.9 Å². The third-order valence-electron chi connectivity index (χ3n) is 6.14. The first-order valence-corrected chi connectivity index (χ1v) is 15.1. The monoisotopic (exact) mass is 576 g/mol. The summed E-state index contributed by atoms with van der Waals surface area (Å²) in [4.78, 5) is 50.4. The number of esters is 1. The molecule has 13 heteroatoms. The summed E-state index contributed by atoms with van der Waals surface area (Å²) in [6.07, 6.45) is 0.688. The van der Waals surface area contributed by atoms with E-state index in [1.807, 2.05) is 19.9 Å². The van der Waals surface area contributed by atoms with Crippen LogP contribution < -0.4 is 11.4 Å². The van der Waals surface area contributed by atoms with Gasteiger partial charge in [0.25, 0.3) is 0 Å². The topological polar surface area (TPSA) is 163 Å². The zero-order valence-corrected chi connectivity index (χ0v) is 25.0. The van der Waals surface area contributed by atoms with Crippen molar-refractivity contribution in [2.45, 2.75) is 77.7 Å². The van der Waals surface area contributed by atoms with Crippen molar-refractivity contribution in [3.63, 3.8) is 0 Å². The van der Waals surface area contributed by atoms with Gasteiger partial charge in [0.1, 0.15) is 17.2 Å². The van der Waals surface area contributed by atoms with Gasteiger partial charge >= 0.3 is 17.7 Å². The highest BCUT2D eigenvalue weighted by Gasteiger charge is 2.35. The molecule has 0 saturated carbocycles. The second-order valence-corrected chi connectivity index (χ2v) is 13.5. The summed E-state index contributed by atoms with van der Waals surface area (Å²) in [5, 5.41) is -0.384. The van der Waals surface area contributed by atoms with Gasteiger partial charge in [0.15, 0.2) is 11.5 Å². The van der Waals surface area contributed by atoms with Crippen molar-refractivity contribution < 1.29 is 23.1 Å². The van der Waals surface area contributed by atoms with Crippen molar-refractivity contribution in [1.29, 1.82) is 0 Å². The first-order valence-electron chi connectivity index (χ1n) is 13.2. The number of imidazole rings is 1. The summed E-state index contributed by atoms with van der Waals surface area (Å²) in [6, 6.07) is 7.19. The fourth-order valence-electron chi connectivity index (χ4n) is 4.32. The molecular weight excluding hydrogens is 536 g/mol. The van der Waals surface area contributed by atoms with Gasteiger partial charge in [0.2, 0.25) is 5.16 Å². The van der Waals surface area contributed by atoms with E-state index >= 15 is 0 Å². The van der Waals surface area contributed by atoms with Crippen LogP contribution in [0.4, 0.5) is 10.6 Å². The number of hydrogen-bond donors (Lipinski definition) is 3. The number of benzene rings is 1. The molecule has 0 spiro atoms. The predicted octanol–water partition coefficient (Wildman–Crippen LogP) is 3.14. The van der Waals surface area contributed by atoms with E-state index in [-0.39, 0.29) is 46.8 Å². The number of nitrogens with zero attached hydrogens (tertiary/aromatic N) is 5. The fourth-order valence-corrected chi connectivity index (χ4v) is 5.64. The third-order valence-corrected chi connectivity index (χ3v) is 8.02. The third kappa shape index (κ3) is 6.76. The number of nitrogen functional groups attached to an aromatic ring is 1. The van der Waals surface area contributed by atoms with Crippen molar-refractivity contribution in [1.82, 2.24) is 24.0 Å². The van der Waals surface area contributed by atoms with Crippen LogP contribution in [0.15, 0.2) is 40.3 Å². The van der Waals surface area contributed by atoms with Gasteiger partial charge in [-0.05, 0) is 45.1 Å². The Hall–Kier alpha value is -3.58. The molecule has 2 aromatic heterocycles. The number of fused-ring (bicyclic) bond motifs is 1. The summed E-state index contributed by atoms with van der Waals surface area (Å²) in [5.74, 6) is -0.952. The first kappa shape index (κ1) is 31.0. The highest BCUT2D eigenvalue weighted by Crippen LogP contribution is 2.24. The number of carbonyl (C=O) groups is 2. The van der Waals surface area contributed by atoms with Gasteiger partial charge in [0.05, 0.1) is 6.54 Å². The van der Waals surface area contributed by atoms with Crippen LogP contribution in [0, 0.1) is 5.92 Å². The maximum absolute atomic E-state index is 13.9. The number of ether oxygens (including phenoxy) is 1. The molecule has 2 heterocycles. The van der Waals surface area contributed by atoms with Gasteiger partial charge in [0, 0.05) is 12.8 Å². The molecule has 0 aliphatic heterocycles. The van der Waals surface area contributed by atoms with E-state index in [0.29, 0.717) is 6.42 Å². The molecule has 1 aromatic carbocycles.